The van der Waals surface area contributed by atoms with Gasteiger partial charge in [-0.1, -0.05) is 6.07 Å². The van der Waals surface area contributed by atoms with Crippen LogP contribution in [0.25, 0.3) is 0 Å². The molecule has 2 rings (SSSR count). The highest BCUT2D eigenvalue weighted by molar-refractivity contribution is 5.83. The van der Waals surface area contributed by atoms with Gasteiger partial charge in [0, 0.05) is 6.42 Å². The number of carboxylic acids is 1. The Bertz CT molecular complexity index is 516. The fourth-order valence-electron chi connectivity index (χ4n) is 1.81. The molecule has 1 aromatic rings. The van der Waals surface area contributed by atoms with Crippen molar-refractivity contribution in [2.45, 2.75) is 18.9 Å². The lowest BCUT2D eigenvalue weighted by molar-refractivity contribution is -0.142. The normalized spacial score (nSPS) is 13.8. The van der Waals surface area contributed by atoms with Crippen molar-refractivity contribution in [1.82, 2.24) is 5.32 Å². The lowest BCUT2D eigenvalue weighted by Gasteiger charge is -2.11. The number of amides is 1. The van der Waals surface area contributed by atoms with Crippen molar-refractivity contribution < 1.29 is 29.3 Å². The first-order valence-corrected chi connectivity index (χ1v) is 6.11. The molecule has 0 spiro atoms. The summed E-state index contributed by atoms with van der Waals surface area (Å²) in [6.45, 7) is -0.443. The van der Waals surface area contributed by atoms with Gasteiger partial charge in [0.05, 0.1) is 6.61 Å². The van der Waals surface area contributed by atoms with Gasteiger partial charge in [0.2, 0.25) is 12.7 Å². The van der Waals surface area contributed by atoms with Gasteiger partial charge in [-0.15, -0.1) is 0 Å². The number of fused-ring (bicyclic) bond motifs is 1. The average Bonchev–Trinajstić information content (AvgIpc) is 2.89. The van der Waals surface area contributed by atoms with E-state index in [1.54, 1.807) is 12.1 Å². The predicted octanol–water partition coefficient (Wildman–Crippen LogP) is -0.0904. The van der Waals surface area contributed by atoms with Crippen LogP contribution < -0.4 is 14.8 Å². The van der Waals surface area contributed by atoms with E-state index in [2.05, 4.69) is 5.32 Å². The number of hydrogen-bond acceptors (Lipinski definition) is 5. The molecule has 108 valence electrons. The summed E-state index contributed by atoms with van der Waals surface area (Å²) >= 11 is 0. The van der Waals surface area contributed by atoms with E-state index in [0.29, 0.717) is 17.9 Å². The Labute approximate surface area is 115 Å². The number of nitrogens with one attached hydrogen (secondary N) is 1. The van der Waals surface area contributed by atoms with Gasteiger partial charge >= 0.3 is 5.97 Å². The average molecular weight is 281 g/mol. The molecule has 0 radical (unpaired) electrons. The Kier molecular flexibility index (Phi) is 4.41. The Morgan fingerprint density at radius 1 is 1.30 bits per heavy atom. The van der Waals surface area contributed by atoms with Gasteiger partial charge in [0.1, 0.15) is 6.04 Å². The summed E-state index contributed by atoms with van der Waals surface area (Å²) in [7, 11) is 0. The number of aliphatic hydroxyl groups is 1. The van der Waals surface area contributed by atoms with Gasteiger partial charge in [-0.2, -0.15) is 0 Å². The van der Waals surface area contributed by atoms with Crippen LogP contribution in [-0.4, -0.2) is 41.5 Å². The maximum Gasteiger partial charge on any atom is 0.328 e. The molecular formula is C13H15NO6. The molecular weight excluding hydrogens is 266 g/mol. The number of aryl methyl sites for hydroxylation is 1. The molecule has 1 heterocycles. The van der Waals surface area contributed by atoms with Crippen molar-refractivity contribution in [1.29, 1.82) is 0 Å². The van der Waals surface area contributed by atoms with Crippen LogP contribution >= 0.6 is 0 Å². The molecule has 0 aliphatic carbocycles. The highest BCUT2D eigenvalue weighted by Gasteiger charge is 2.19. The summed E-state index contributed by atoms with van der Waals surface area (Å²) in [6.07, 6.45) is 0.573. The Morgan fingerprint density at radius 2 is 2.05 bits per heavy atom. The maximum atomic E-state index is 11.6. The number of ether oxygens (including phenoxy) is 2. The van der Waals surface area contributed by atoms with E-state index in [4.69, 9.17) is 19.7 Å². The number of rotatable bonds is 6. The number of benzene rings is 1. The smallest absolute Gasteiger partial charge is 0.328 e. The molecule has 1 aromatic carbocycles. The Balaban J connectivity index is 1.85. The van der Waals surface area contributed by atoms with Crippen LogP contribution in [0, 0.1) is 0 Å². The molecule has 0 saturated carbocycles. The monoisotopic (exact) mass is 281 g/mol. The summed E-state index contributed by atoms with van der Waals surface area (Å²) in [5.74, 6) is -0.376. The number of carboxylic acid groups (broad SMARTS) is 1. The molecule has 1 aliphatic heterocycles. The number of aliphatic hydroxyl groups excluding tert-OH is 1. The molecule has 1 aliphatic rings. The fourth-order valence-corrected chi connectivity index (χ4v) is 1.81. The Hall–Kier alpha value is -2.28. The SMILES string of the molecule is O=C(CCc1ccc2c(c1)OCO2)NC(CO)C(=O)O. The molecule has 7 nitrogen and oxygen atoms in total. The van der Waals surface area contributed by atoms with Crippen LogP contribution in [0.4, 0.5) is 0 Å². The minimum atomic E-state index is -1.26. The van der Waals surface area contributed by atoms with Crippen molar-refractivity contribution in [2.24, 2.45) is 0 Å². The summed E-state index contributed by atoms with van der Waals surface area (Å²) in [5, 5.41) is 19.8. The highest BCUT2D eigenvalue weighted by atomic mass is 16.7. The number of aliphatic carboxylic acids is 1. The lowest BCUT2D eigenvalue weighted by atomic mass is 10.1. The van der Waals surface area contributed by atoms with Crippen LogP contribution in [0.2, 0.25) is 0 Å². The molecule has 7 heteroatoms. The zero-order valence-corrected chi connectivity index (χ0v) is 10.7. The van der Waals surface area contributed by atoms with E-state index >= 15 is 0 Å². The van der Waals surface area contributed by atoms with Crippen LogP contribution in [0.1, 0.15) is 12.0 Å². The van der Waals surface area contributed by atoms with E-state index in [0.717, 1.165) is 5.56 Å². The minimum Gasteiger partial charge on any atom is -0.480 e. The van der Waals surface area contributed by atoms with Crippen molar-refractivity contribution in [3.63, 3.8) is 0 Å². The third-order valence-corrected chi connectivity index (χ3v) is 2.89. The number of carbonyl (C=O) groups excluding carboxylic acids is 1. The summed E-state index contributed by atoms with van der Waals surface area (Å²) in [5.41, 5.74) is 0.889. The second-order valence-corrected chi connectivity index (χ2v) is 4.33. The third-order valence-electron chi connectivity index (χ3n) is 2.89. The first kappa shape index (κ1) is 14.1. The van der Waals surface area contributed by atoms with Crippen LogP contribution in [0.15, 0.2) is 18.2 Å². The van der Waals surface area contributed by atoms with Crippen molar-refractivity contribution in [3.8, 4) is 11.5 Å². The molecule has 1 unspecified atom stereocenters. The molecule has 0 saturated heterocycles. The summed E-state index contributed by atoms with van der Waals surface area (Å²) < 4.78 is 10.4. The second-order valence-electron chi connectivity index (χ2n) is 4.33. The van der Waals surface area contributed by atoms with E-state index in [1.165, 1.54) is 0 Å². The second kappa shape index (κ2) is 6.25. The molecule has 3 N–H and O–H groups in total. The standard InChI is InChI=1S/C13H15NO6/c15-6-9(13(17)18)14-12(16)4-2-8-1-3-10-11(5-8)20-7-19-10/h1,3,5,9,15H,2,4,6-7H2,(H,14,16)(H,17,18). The quantitative estimate of drug-likeness (QED) is 0.673. The third kappa shape index (κ3) is 3.39. The molecule has 1 atom stereocenters. The maximum absolute atomic E-state index is 11.6. The van der Waals surface area contributed by atoms with Crippen LogP contribution in [0.5, 0.6) is 11.5 Å². The van der Waals surface area contributed by atoms with Gasteiger partial charge < -0.3 is 25.0 Å². The fraction of sp³-hybridized carbons (Fsp3) is 0.385. The predicted molar refractivity (Wildman–Crippen MR) is 67.5 cm³/mol. The van der Waals surface area contributed by atoms with Gasteiger partial charge in [0.15, 0.2) is 11.5 Å². The molecule has 1 amide bonds. The van der Waals surface area contributed by atoms with Crippen molar-refractivity contribution >= 4 is 11.9 Å². The summed E-state index contributed by atoms with van der Waals surface area (Å²) in [6, 6.07) is 4.11. The van der Waals surface area contributed by atoms with Gasteiger partial charge in [-0.3, -0.25) is 4.79 Å². The first-order valence-electron chi connectivity index (χ1n) is 6.11. The molecule has 0 aromatic heterocycles. The van der Waals surface area contributed by atoms with Crippen LogP contribution in [0.3, 0.4) is 0 Å². The van der Waals surface area contributed by atoms with Gasteiger partial charge in [-0.25, -0.2) is 4.79 Å². The van der Waals surface area contributed by atoms with E-state index < -0.39 is 24.5 Å². The molecule has 0 fully saturated rings. The van der Waals surface area contributed by atoms with Gasteiger partial charge in [0.25, 0.3) is 0 Å². The molecule has 0 bridgehead atoms. The van der Waals surface area contributed by atoms with Crippen molar-refractivity contribution in [3.05, 3.63) is 23.8 Å². The first-order chi connectivity index (χ1) is 9.60. The minimum absolute atomic E-state index is 0.128. The number of carbonyl (C=O) groups is 2. The largest absolute Gasteiger partial charge is 0.480 e. The zero-order chi connectivity index (χ0) is 14.5. The topological polar surface area (TPSA) is 105 Å². The zero-order valence-electron chi connectivity index (χ0n) is 10.7. The Morgan fingerprint density at radius 3 is 2.75 bits per heavy atom. The summed E-state index contributed by atoms with van der Waals surface area (Å²) in [4.78, 5) is 22.2. The number of hydrogen-bond donors (Lipinski definition) is 3. The highest BCUT2D eigenvalue weighted by Crippen LogP contribution is 2.32. The molecule has 20 heavy (non-hydrogen) atoms. The van der Waals surface area contributed by atoms with Crippen LogP contribution in [-0.2, 0) is 16.0 Å². The van der Waals surface area contributed by atoms with Crippen molar-refractivity contribution in [2.75, 3.05) is 13.4 Å². The van der Waals surface area contributed by atoms with Gasteiger partial charge in [-0.05, 0) is 24.1 Å². The lowest BCUT2D eigenvalue weighted by Crippen LogP contribution is -2.43. The van der Waals surface area contributed by atoms with E-state index in [-0.39, 0.29) is 13.2 Å². The van der Waals surface area contributed by atoms with E-state index in [1.807, 2.05) is 6.07 Å². The van der Waals surface area contributed by atoms with E-state index in [9.17, 15) is 9.59 Å².